The van der Waals surface area contributed by atoms with Crippen molar-refractivity contribution in [3.05, 3.63) is 259 Å². The van der Waals surface area contributed by atoms with Gasteiger partial charge in [-0.2, -0.15) is 0 Å². The molecule has 0 atom stereocenters. The van der Waals surface area contributed by atoms with E-state index in [4.69, 9.17) is 4.42 Å². The number of hydrogen-bond acceptors (Lipinski definition) is 2. The minimum absolute atomic E-state index is 0.447. The van der Waals surface area contributed by atoms with Gasteiger partial charge in [0.25, 0.3) is 0 Å². The molecule has 0 N–H and O–H groups in total. The number of para-hydroxylation sites is 2. The van der Waals surface area contributed by atoms with E-state index in [0.717, 1.165) is 50.1 Å². The van der Waals surface area contributed by atoms with Crippen LogP contribution >= 0.6 is 0 Å². The van der Waals surface area contributed by atoms with Gasteiger partial charge in [-0.15, -0.1) is 0 Å². The summed E-state index contributed by atoms with van der Waals surface area (Å²) in [6, 6.07) is 85.9. The second-order valence-corrected chi connectivity index (χ2v) is 16.0. The fourth-order valence-corrected chi connectivity index (χ4v) is 10.1. The van der Waals surface area contributed by atoms with Crippen molar-refractivity contribution < 1.29 is 4.42 Å². The lowest BCUT2D eigenvalue weighted by Gasteiger charge is -2.34. The highest BCUT2D eigenvalue weighted by molar-refractivity contribution is 6.09. The maximum Gasteiger partial charge on any atom is 0.143 e. The van der Waals surface area contributed by atoms with Crippen LogP contribution in [0, 0.1) is 0 Å². The van der Waals surface area contributed by atoms with Gasteiger partial charge in [-0.25, -0.2) is 0 Å². The average molecular weight is 778 g/mol. The van der Waals surface area contributed by atoms with E-state index in [9.17, 15) is 0 Å². The van der Waals surface area contributed by atoms with Crippen LogP contribution in [0.5, 0.6) is 0 Å². The SMILES string of the molecule is c1ccc(C2(c3ccccc3)c3ccccc3-c3c(-c4ccc(N(c5ccc(-c6cccc7c6oc6ccccc67)cc5)c5cccc6ccccc56)cc4)cccc32)cc1. The van der Waals surface area contributed by atoms with Gasteiger partial charge in [0.2, 0.25) is 0 Å². The third kappa shape index (κ3) is 5.43. The first-order chi connectivity index (χ1) is 30.3. The number of rotatable bonds is 7. The zero-order valence-corrected chi connectivity index (χ0v) is 33.4. The van der Waals surface area contributed by atoms with Crippen molar-refractivity contribution in [2.24, 2.45) is 0 Å². The monoisotopic (exact) mass is 777 g/mol. The topological polar surface area (TPSA) is 16.4 Å². The molecule has 0 spiro atoms. The number of furan rings is 1. The molecule has 2 nitrogen and oxygen atoms in total. The van der Waals surface area contributed by atoms with Crippen LogP contribution in [-0.2, 0) is 5.41 Å². The molecule has 0 aliphatic heterocycles. The Kier molecular flexibility index (Phi) is 8.11. The predicted molar refractivity (Wildman–Crippen MR) is 254 cm³/mol. The van der Waals surface area contributed by atoms with Crippen LogP contribution in [0.2, 0.25) is 0 Å². The van der Waals surface area contributed by atoms with Crippen LogP contribution in [0.1, 0.15) is 22.3 Å². The third-order valence-electron chi connectivity index (χ3n) is 12.8. The van der Waals surface area contributed by atoms with Gasteiger partial charge in [0.15, 0.2) is 0 Å². The largest absolute Gasteiger partial charge is 0.455 e. The van der Waals surface area contributed by atoms with Gasteiger partial charge >= 0.3 is 0 Å². The first-order valence-electron chi connectivity index (χ1n) is 21.0. The standard InChI is InChI=1S/C59H39NO/c1-3-18-43(19-4-1)59(44-20-5-2-6-21-44)53-28-11-9-24-52(53)57-48(25-15-29-54(57)59)41-32-36-45(37-33-41)60(55-30-13-17-40-16-7-8-22-47(40)55)46-38-34-42(35-39-46)49-26-14-27-51-50-23-10-12-31-56(50)61-58(49)51/h1-39H. The Balaban J connectivity index is 0.995. The fraction of sp³-hybridized carbons (Fsp3) is 0.0169. The second kappa shape index (κ2) is 14.1. The van der Waals surface area contributed by atoms with Gasteiger partial charge in [-0.05, 0) is 91.9 Å². The molecule has 1 aliphatic carbocycles. The zero-order valence-electron chi connectivity index (χ0n) is 33.4. The van der Waals surface area contributed by atoms with E-state index in [0.29, 0.717) is 0 Å². The molecule has 0 radical (unpaired) electrons. The van der Waals surface area contributed by atoms with E-state index in [1.165, 1.54) is 55.3 Å². The lowest BCUT2D eigenvalue weighted by atomic mass is 9.67. The van der Waals surface area contributed by atoms with Gasteiger partial charge in [-0.1, -0.05) is 200 Å². The Labute approximate surface area is 355 Å². The van der Waals surface area contributed by atoms with Crippen molar-refractivity contribution in [2.75, 3.05) is 4.90 Å². The van der Waals surface area contributed by atoms with Crippen LogP contribution < -0.4 is 4.90 Å². The molecule has 61 heavy (non-hydrogen) atoms. The zero-order chi connectivity index (χ0) is 40.3. The summed E-state index contributed by atoms with van der Waals surface area (Å²) in [5, 5.41) is 4.67. The summed E-state index contributed by atoms with van der Waals surface area (Å²) >= 11 is 0. The molecule has 0 fully saturated rings. The molecule has 12 rings (SSSR count). The Hall–Kier alpha value is -7.94. The van der Waals surface area contributed by atoms with Crippen molar-refractivity contribution in [3.8, 4) is 33.4 Å². The van der Waals surface area contributed by atoms with E-state index in [1.807, 2.05) is 12.1 Å². The molecule has 0 unspecified atom stereocenters. The molecule has 1 aliphatic rings. The smallest absolute Gasteiger partial charge is 0.143 e. The van der Waals surface area contributed by atoms with Gasteiger partial charge in [-0.3, -0.25) is 0 Å². The molecule has 0 saturated heterocycles. The number of anilines is 3. The van der Waals surface area contributed by atoms with Crippen LogP contribution in [0.15, 0.2) is 241 Å². The quantitative estimate of drug-likeness (QED) is 0.160. The molecular weight excluding hydrogens is 739 g/mol. The summed E-state index contributed by atoms with van der Waals surface area (Å²) in [5.41, 5.74) is 17.0. The van der Waals surface area contributed by atoms with Crippen LogP contribution in [0.25, 0.3) is 66.1 Å². The summed E-state index contributed by atoms with van der Waals surface area (Å²) in [4.78, 5) is 2.39. The summed E-state index contributed by atoms with van der Waals surface area (Å²) in [6.07, 6.45) is 0. The number of benzene rings is 10. The number of nitrogens with zero attached hydrogens (tertiary/aromatic N) is 1. The van der Waals surface area contributed by atoms with Crippen LogP contribution in [0.4, 0.5) is 17.1 Å². The lowest BCUT2D eigenvalue weighted by Crippen LogP contribution is -2.28. The summed E-state index contributed by atoms with van der Waals surface area (Å²) in [6.45, 7) is 0. The normalized spacial score (nSPS) is 12.7. The van der Waals surface area contributed by atoms with Crippen molar-refractivity contribution >= 4 is 49.8 Å². The minimum Gasteiger partial charge on any atom is -0.455 e. The van der Waals surface area contributed by atoms with Crippen molar-refractivity contribution in [2.45, 2.75) is 5.41 Å². The van der Waals surface area contributed by atoms with E-state index >= 15 is 0 Å². The van der Waals surface area contributed by atoms with Gasteiger partial charge in [0.05, 0.1) is 11.1 Å². The Morgan fingerprint density at radius 1 is 0.344 bits per heavy atom. The Morgan fingerprint density at radius 3 is 1.59 bits per heavy atom. The maximum absolute atomic E-state index is 6.44. The van der Waals surface area contributed by atoms with Crippen molar-refractivity contribution in [1.82, 2.24) is 0 Å². The first kappa shape index (κ1) is 35.0. The van der Waals surface area contributed by atoms with Crippen LogP contribution in [-0.4, -0.2) is 0 Å². The Morgan fingerprint density at radius 2 is 0.852 bits per heavy atom. The van der Waals surface area contributed by atoms with Gasteiger partial charge in [0, 0.05) is 33.1 Å². The molecule has 11 aromatic rings. The Bertz CT molecular complexity index is 3360. The highest BCUT2D eigenvalue weighted by atomic mass is 16.3. The fourth-order valence-electron chi connectivity index (χ4n) is 10.1. The van der Waals surface area contributed by atoms with Gasteiger partial charge < -0.3 is 9.32 Å². The second-order valence-electron chi connectivity index (χ2n) is 16.0. The highest BCUT2D eigenvalue weighted by Crippen LogP contribution is 2.58. The maximum atomic E-state index is 6.44. The van der Waals surface area contributed by atoms with Crippen LogP contribution in [0.3, 0.4) is 0 Å². The first-order valence-corrected chi connectivity index (χ1v) is 21.0. The third-order valence-corrected chi connectivity index (χ3v) is 12.8. The van der Waals surface area contributed by atoms with Gasteiger partial charge in [0.1, 0.15) is 11.2 Å². The number of fused-ring (bicyclic) bond motifs is 7. The average Bonchev–Trinajstić information content (AvgIpc) is 3.87. The van der Waals surface area contributed by atoms with Crippen molar-refractivity contribution in [3.63, 3.8) is 0 Å². The van der Waals surface area contributed by atoms with Crippen molar-refractivity contribution in [1.29, 1.82) is 0 Å². The predicted octanol–water partition coefficient (Wildman–Crippen LogP) is 15.9. The summed E-state index contributed by atoms with van der Waals surface area (Å²) < 4.78 is 6.44. The van der Waals surface area contributed by atoms with E-state index in [1.54, 1.807) is 0 Å². The molecule has 0 amide bonds. The molecular formula is C59H39NO. The molecule has 2 heteroatoms. The van der Waals surface area contributed by atoms with E-state index in [-0.39, 0.29) is 0 Å². The molecule has 1 aromatic heterocycles. The number of hydrogen-bond donors (Lipinski definition) is 0. The molecule has 10 aromatic carbocycles. The molecule has 1 heterocycles. The summed E-state index contributed by atoms with van der Waals surface area (Å²) in [5.74, 6) is 0. The molecule has 0 saturated carbocycles. The summed E-state index contributed by atoms with van der Waals surface area (Å²) in [7, 11) is 0. The molecule has 286 valence electrons. The minimum atomic E-state index is -0.447. The van der Waals surface area contributed by atoms with E-state index in [2.05, 4.69) is 229 Å². The molecule has 0 bridgehead atoms. The van der Waals surface area contributed by atoms with E-state index < -0.39 is 5.41 Å². The highest BCUT2D eigenvalue weighted by Gasteiger charge is 2.46. The lowest BCUT2D eigenvalue weighted by molar-refractivity contribution is 0.670.